The molecule has 1 aromatic carbocycles. The number of phenols is 1. The predicted octanol–water partition coefficient (Wildman–Crippen LogP) is 1.50. The van der Waals surface area contributed by atoms with E-state index in [-0.39, 0.29) is 12.2 Å². The first-order chi connectivity index (χ1) is 7.78. The Hall–Kier alpha value is -1.76. The van der Waals surface area contributed by atoms with Crippen LogP contribution in [0.3, 0.4) is 0 Å². The van der Waals surface area contributed by atoms with Gasteiger partial charge in [0.2, 0.25) is 0 Å². The van der Waals surface area contributed by atoms with Crippen LogP contribution in [0.25, 0.3) is 0 Å². The third-order valence-corrected chi connectivity index (χ3v) is 2.01. The molecule has 1 aromatic rings. The zero-order valence-electron chi connectivity index (χ0n) is 8.53. The molecule has 17 heavy (non-hydrogen) atoms. The number of carboxylic acid groups (broad SMARTS) is 1. The maximum atomic E-state index is 12.0. The first-order valence-corrected chi connectivity index (χ1v) is 4.63. The van der Waals surface area contributed by atoms with Gasteiger partial charge in [0.05, 0.1) is 0 Å². The Kier molecular flexibility index (Phi) is 3.95. The molecule has 3 N–H and O–H groups in total. The van der Waals surface area contributed by atoms with Crippen molar-refractivity contribution in [3.63, 3.8) is 0 Å². The first kappa shape index (κ1) is 13.3. The Balaban J connectivity index is 2.73. The van der Waals surface area contributed by atoms with E-state index in [1.165, 1.54) is 24.3 Å². The van der Waals surface area contributed by atoms with Gasteiger partial charge in [-0.1, -0.05) is 12.1 Å². The third kappa shape index (κ3) is 4.73. The number of hydrogen-bond donors (Lipinski definition) is 3. The monoisotopic (exact) mass is 249 g/mol. The third-order valence-electron chi connectivity index (χ3n) is 2.01. The summed E-state index contributed by atoms with van der Waals surface area (Å²) in [5.74, 6) is -1.63. The molecule has 4 nitrogen and oxygen atoms in total. The molecule has 0 amide bonds. The highest BCUT2D eigenvalue weighted by molar-refractivity contribution is 5.74. The molecular formula is C10H10F3NO3. The number of nitrogens with one attached hydrogen (secondary N) is 1. The van der Waals surface area contributed by atoms with Crippen molar-refractivity contribution in [3.05, 3.63) is 29.8 Å². The molecule has 1 atom stereocenters. The molecule has 1 unspecified atom stereocenters. The molecule has 0 fully saturated rings. The Morgan fingerprint density at radius 3 is 2.24 bits per heavy atom. The molecule has 1 rings (SSSR count). The quantitative estimate of drug-likeness (QED) is 0.707. The van der Waals surface area contributed by atoms with E-state index in [9.17, 15) is 18.0 Å². The van der Waals surface area contributed by atoms with Gasteiger partial charge in [-0.15, -0.1) is 0 Å². The van der Waals surface area contributed by atoms with E-state index in [2.05, 4.69) is 0 Å². The van der Waals surface area contributed by atoms with E-state index in [1.807, 2.05) is 0 Å². The van der Waals surface area contributed by atoms with Gasteiger partial charge in [-0.25, -0.2) is 5.32 Å². The van der Waals surface area contributed by atoms with Crippen LogP contribution < -0.4 is 5.32 Å². The molecule has 0 saturated carbocycles. The minimum Gasteiger partial charge on any atom is -0.508 e. The van der Waals surface area contributed by atoms with Crippen LogP contribution in [0.15, 0.2) is 24.3 Å². The van der Waals surface area contributed by atoms with Crippen molar-refractivity contribution in [3.8, 4) is 5.75 Å². The summed E-state index contributed by atoms with van der Waals surface area (Å²) in [6, 6.07) is 3.54. The van der Waals surface area contributed by atoms with Crippen LogP contribution in [0.5, 0.6) is 5.75 Å². The minimum atomic E-state index is -4.75. The van der Waals surface area contributed by atoms with E-state index in [0.29, 0.717) is 5.56 Å². The van der Waals surface area contributed by atoms with Crippen LogP contribution in [-0.2, 0) is 11.2 Å². The molecule has 0 bridgehead atoms. The predicted molar refractivity (Wildman–Crippen MR) is 52.4 cm³/mol. The zero-order valence-corrected chi connectivity index (χ0v) is 8.53. The number of carbonyl (C=O) groups is 1. The van der Waals surface area contributed by atoms with Gasteiger partial charge in [0.15, 0.2) is 0 Å². The lowest BCUT2D eigenvalue weighted by Gasteiger charge is -2.16. The molecule has 0 aliphatic heterocycles. The molecule has 0 aliphatic carbocycles. The highest BCUT2D eigenvalue weighted by Crippen LogP contribution is 2.15. The fourth-order valence-electron chi connectivity index (χ4n) is 1.27. The Morgan fingerprint density at radius 2 is 1.82 bits per heavy atom. The van der Waals surface area contributed by atoms with Gasteiger partial charge in [0, 0.05) is 0 Å². The molecule has 0 spiro atoms. The van der Waals surface area contributed by atoms with Crippen molar-refractivity contribution in [1.82, 2.24) is 5.32 Å². The fraction of sp³-hybridized carbons (Fsp3) is 0.300. The molecule has 0 heterocycles. The van der Waals surface area contributed by atoms with Crippen LogP contribution in [0.1, 0.15) is 5.56 Å². The first-order valence-electron chi connectivity index (χ1n) is 4.63. The number of phenolic OH excluding ortho intramolecular Hbond substituents is 1. The van der Waals surface area contributed by atoms with Crippen LogP contribution >= 0.6 is 0 Å². The summed E-state index contributed by atoms with van der Waals surface area (Å²) in [5.41, 5.74) is 0.381. The number of alkyl halides is 3. The molecule has 0 aliphatic rings. The van der Waals surface area contributed by atoms with Crippen molar-refractivity contribution in [2.45, 2.75) is 18.8 Å². The van der Waals surface area contributed by atoms with Gasteiger partial charge in [-0.05, 0) is 24.1 Å². The molecule has 94 valence electrons. The Labute approximate surface area is 94.7 Å². The lowest BCUT2D eigenvalue weighted by Crippen LogP contribution is -2.46. The number of rotatable bonds is 4. The number of hydrogen-bond acceptors (Lipinski definition) is 3. The zero-order chi connectivity index (χ0) is 13.1. The molecule has 7 heteroatoms. The van der Waals surface area contributed by atoms with Gasteiger partial charge in [0.25, 0.3) is 0 Å². The largest absolute Gasteiger partial charge is 0.508 e. The van der Waals surface area contributed by atoms with E-state index < -0.39 is 18.3 Å². The smallest absolute Gasteiger partial charge is 0.457 e. The fourth-order valence-corrected chi connectivity index (χ4v) is 1.27. The van der Waals surface area contributed by atoms with Crippen LogP contribution in [0.4, 0.5) is 13.2 Å². The lowest BCUT2D eigenvalue weighted by atomic mass is 10.1. The lowest BCUT2D eigenvalue weighted by molar-refractivity contribution is -0.174. The molecule has 0 saturated heterocycles. The number of aliphatic carboxylic acids is 1. The average Bonchev–Trinajstić information content (AvgIpc) is 2.18. The Bertz CT molecular complexity index is 389. The van der Waals surface area contributed by atoms with Crippen LogP contribution in [-0.4, -0.2) is 28.5 Å². The van der Waals surface area contributed by atoms with E-state index >= 15 is 0 Å². The SMILES string of the molecule is O=C(O)C(Cc1ccc(O)cc1)NC(F)(F)F. The van der Waals surface area contributed by atoms with Gasteiger partial charge < -0.3 is 10.2 Å². The highest BCUT2D eigenvalue weighted by Gasteiger charge is 2.34. The second-order valence-corrected chi connectivity index (χ2v) is 3.40. The van der Waals surface area contributed by atoms with Gasteiger partial charge in [-0.3, -0.25) is 4.79 Å². The van der Waals surface area contributed by atoms with Gasteiger partial charge >= 0.3 is 12.3 Å². The van der Waals surface area contributed by atoms with Crippen LogP contribution in [0.2, 0.25) is 0 Å². The van der Waals surface area contributed by atoms with Crippen molar-refractivity contribution >= 4 is 5.97 Å². The highest BCUT2D eigenvalue weighted by atomic mass is 19.4. The standard InChI is InChI=1S/C10H10F3NO3/c11-10(12,13)14-8(9(16)17)5-6-1-3-7(15)4-2-6/h1-4,8,14-15H,5H2,(H,16,17). The summed E-state index contributed by atoms with van der Waals surface area (Å²) in [6.45, 7) is 0. The number of benzene rings is 1. The van der Waals surface area contributed by atoms with Crippen molar-refractivity contribution < 1.29 is 28.2 Å². The van der Waals surface area contributed by atoms with Gasteiger partial charge in [-0.2, -0.15) is 13.2 Å². The topological polar surface area (TPSA) is 69.6 Å². The normalized spacial score (nSPS) is 13.4. The van der Waals surface area contributed by atoms with E-state index in [4.69, 9.17) is 10.2 Å². The average molecular weight is 249 g/mol. The van der Waals surface area contributed by atoms with E-state index in [1.54, 1.807) is 0 Å². The maximum Gasteiger partial charge on any atom is 0.457 e. The second kappa shape index (κ2) is 5.05. The summed E-state index contributed by atoms with van der Waals surface area (Å²) in [5, 5.41) is 18.7. The number of carboxylic acids is 1. The van der Waals surface area contributed by atoms with Gasteiger partial charge in [0.1, 0.15) is 11.8 Å². The summed E-state index contributed by atoms with van der Waals surface area (Å²) < 4.78 is 36.1. The van der Waals surface area contributed by atoms with E-state index in [0.717, 1.165) is 5.32 Å². The van der Waals surface area contributed by atoms with Crippen molar-refractivity contribution in [2.24, 2.45) is 0 Å². The Morgan fingerprint density at radius 1 is 1.29 bits per heavy atom. The van der Waals surface area contributed by atoms with Crippen molar-refractivity contribution in [2.75, 3.05) is 0 Å². The molecule has 0 aromatic heterocycles. The molecular weight excluding hydrogens is 239 g/mol. The van der Waals surface area contributed by atoms with Crippen molar-refractivity contribution in [1.29, 1.82) is 0 Å². The van der Waals surface area contributed by atoms with Crippen LogP contribution in [0, 0.1) is 0 Å². The second-order valence-electron chi connectivity index (χ2n) is 3.40. The summed E-state index contributed by atoms with van der Waals surface area (Å²) >= 11 is 0. The number of halogens is 3. The summed E-state index contributed by atoms with van der Waals surface area (Å²) in [7, 11) is 0. The minimum absolute atomic E-state index is 0.0376. The summed E-state index contributed by atoms with van der Waals surface area (Å²) in [4.78, 5) is 10.6. The maximum absolute atomic E-state index is 12.0. The summed E-state index contributed by atoms with van der Waals surface area (Å²) in [6.07, 6.45) is -5.07. The molecule has 0 radical (unpaired) electrons. The number of aromatic hydroxyl groups is 1.